The Morgan fingerprint density at radius 2 is 2.28 bits per heavy atom. The van der Waals surface area contributed by atoms with Crippen LogP contribution in [-0.4, -0.2) is 43.1 Å². The van der Waals surface area contributed by atoms with E-state index < -0.39 is 0 Å². The van der Waals surface area contributed by atoms with Gasteiger partial charge in [0, 0.05) is 25.8 Å². The van der Waals surface area contributed by atoms with Gasteiger partial charge in [-0.05, 0) is 32.0 Å². The van der Waals surface area contributed by atoms with E-state index in [0.717, 1.165) is 32.0 Å². The van der Waals surface area contributed by atoms with Crippen molar-refractivity contribution in [3.8, 4) is 0 Å². The van der Waals surface area contributed by atoms with E-state index >= 15 is 0 Å². The topological polar surface area (TPSA) is 19.4 Å². The Labute approximate surface area is 119 Å². The monoisotopic (exact) mass is 287 g/mol. The number of hydrogen-bond acceptors (Lipinski definition) is 3. The van der Waals surface area contributed by atoms with Gasteiger partial charge in [-0.2, -0.15) is 0 Å². The zero-order valence-electron chi connectivity index (χ0n) is 10.9. The quantitative estimate of drug-likeness (QED) is 0.848. The van der Waals surface area contributed by atoms with E-state index in [4.69, 9.17) is 23.2 Å². The van der Waals surface area contributed by atoms with E-state index in [1.165, 1.54) is 6.42 Å². The molecule has 0 radical (unpaired) electrons. The molecule has 2 heterocycles. The highest BCUT2D eigenvalue weighted by atomic mass is 35.5. The zero-order valence-corrected chi connectivity index (χ0v) is 12.4. The van der Waals surface area contributed by atoms with Gasteiger partial charge in [-0.3, -0.25) is 0 Å². The van der Waals surface area contributed by atoms with Crippen LogP contribution in [0.25, 0.3) is 0 Å². The molecule has 1 aliphatic heterocycles. The van der Waals surface area contributed by atoms with Gasteiger partial charge in [-0.1, -0.05) is 30.1 Å². The lowest BCUT2D eigenvalue weighted by Crippen LogP contribution is -2.28. The summed E-state index contributed by atoms with van der Waals surface area (Å²) < 4.78 is 0. The molecule has 0 N–H and O–H groups in total. The molecule has 0 amide bonds. The van der Waals surface area contributed by atoms with Gasteiger partial charge in [-0.15, -0.1) is 0 Å². The maximum absolute atomic E-state index is 6.19. The molecule has 18 heavy (non-hydrogen) atoms. The van der Waals surface area contributed by atoms with Crippen molar-refractivity contribution in [2.75, 3.05) is 38.1 Å². The van der Waals surface area contributed by atoms with Gasteiger partial charge >= 0.3 is 0 Å². The van der Waals surface area contributed by atoms with Crippen molar-refractivity contribution < 1.29 is 0 Å². The Bertz CT molecular complexity index is 411. The molecule has 0 spiro atoms. The predicted molar refractivity (Wildman–Crippen MR) is 77.7 cm³/mol. The van der Waals surface area contributed by atoms with Crippen LogP contribution in [0.4, 0.5) is 5.82 Å². The maximum Gasteiger partial charge on any atom is 0.147 e. The van der Waals surface area contributed by atoms with Crippen LogP contribution in [0.1, 0.15) is 13.3 Å². The van der Waals surface area contributed by atoms with Gasteiger partial charge in [0.2, 0.25) is 0 Å². The lowest BCUT2D eigenvalue weighted by atomic mass is 10.1. The Kier molecular flexibility index (Phi) is 4.71. The predicted octanol–water partition coefficient (Wildman–Crippen LogP) is 3.17. The standard InChI is InChI=1S/C13H19Cl2N3/c1-3-17(2)8-10-4-5-18(9-10)13-12(15)6-11(14)7-16-13/h6-7,10H,3-5,8-9H2,1-2H3/t10-/m0/s1. The fourth-order valence-corrected chi connectivity index (χ4v) is 2.88. The second-order valence-corrected chi connectivity index (χ2v) is 5.76. The van der Waals surface area contributed by atoms with Crippen LogP contribution in [0.15, 0.2) is 12.3 Å². The Hall–Kier alpha value is -0.510. The number of anilines is 1. The first-order valence-electron chi connectivity index (χ1n) is 6.34. The first-order chi connectivity index (χ1) is 8.60. The van der Waals surface area contributed by atoms with Gasteiger partial charge in [0.25, 0.3) is 0 Å². The molecule has 1 atom stereocenters. The van der Waals surface area contributed by atoms with Gasteiger partial charge < -0.3 is 9.80 Å². The number of nitrogens with zero attached hydrogens (tertiary/aromatic N) is 3. The number of halogens is 2. The summed E-state index contributed by atoms with van der Waals surface area (Å²) in [5.74, 6) is 1.56. The summed E-state index contributed by atoms with van der Waals surface area (Å²) >= 11 is 12.1. The Balaban J connectivity index is 2.00. The second-order valence-electron chi connectivity index (χ2n) is 4.91. The van der Waals surface area contributed by atoms with Crippen molar-refractivity contribution in [2.24, 2.45) is 5.92 Å². The third-order valence-electron chi connectivity index (χ3n) is 3.48. The molecule has 5 heteroatoms. The molecular formula is C13H19Cl2N3. The second kappa shape index (κ2) is 6.09. The summed E-state index contributed by atoms with van der Waals surface area (Å²) in [7, 11) is 2.16. The summed E-state index contributed by atoms with van der Waals surface area (Å²) in [4.78, 5) is 8.95. The first kappa shape index (κ1) is 13.9. The SMILES string of the molecule is CCN(C)C[C@@H]1CCN(c2ncc(Cl)cc2Cl)C1. The van der Waals surface area contributed by atoms with Crippen LogP contribution in [0, 0.1) is 5.92 Å². The molecule has 1 aromatic heterocycles. The van der Waals surface area contributed by atoms with Crippen LogP contribution in [0.3, 0.4) is 0 Å². The van der Waals surface area contributed by atoms with Crippen LogP contribution in [0.5, 0.6) is 0 Å². The highest BCUT2D eigenvalue weighted by Gasteiger charge is 2.25. The van der Waals surface area contributed by atoms with Crippen molar-refractivity contribution >= 4 is 29.0 Å². The number of hydrogen-bond donors (Lipinski definition) is 0. The summed E-state index contributed by atoms with van der Waals surface area (Å²) in [6.45, 7) is 6.47. The molecule has 0 saturated carbocycles. The number of aromatic nitrogens is 1. The highest BCUT2D eigenvalue weighted by Crippen LogP contribution is 2.30. The van der Waals surface area contributed by atoms with Crippen LogP contribution in [0.2, 0.25) is 10.0 Å². The minimum atomic E-state index is 0.588. The molecule has 1 aromatic rings. The molecule has 3 nitrogen and oxygen atoms in total. The van der Waals surface area contributed by atoms with Crippen molar-refractivity contribution in [1.29, 1.82) is 0 Å². The molecule has 0 unspecified atom stereocenters. The van der Waals surface area contributed by atoms with Gasteiger partial charge in [0.15, 0.2) is 0 Å². The summed E-state index contributed by atoms with van der Waals surface area (Å²) in [5, 5.41) is 1.23. The molecular weight excluding hydrogens is 269 g/mol. The molecule has 0 aromatic carbocycles. The number of rotatable bonds is 4. The molecule has 1 aliphatic rings. The lowest BCUT2D eigenvalue weighted by Gasteiger charge is -2.21. The highest BCUT2D eigenvalue weighted by molar-refractivity contribution is 6.36. The average molecular weight is 288 g/mol. The van der Waals surface area contributed by atoms with E-state index in [1.54, 1.807) is 12.3 Å². The van der Waals surface area contributed by atoms with Crippen molar-refractivity contribution in [1.82, 2.24) is 9.88 Å². The van der Waals surface area contributed by atoms with E-state index in [9.17, 15) is 0 Å². The fraction of sp³-hybridized carbons (Fsp3) is 0.615. The van der Waals surface area contributed by atoms with Gasteiger partial charge in [-0.25, -0.2) is 4.98 Å². The third-order valence-corrected chi connectivity index (χ3v) is 3.97. The van der Waals surface area contributed by atoms with Crippen LogP contribution >= 0.6 is 23.2 Å². The smallest absolute Gasteiger partial charge is 0.147 e. The molecule has 1 saturated heterocycles. The first-order valence-corrected chi connectivity index (χ1v) is 7.10. The zero-order chi connectivity index (χ0) is 13.1. The normalized spacial score (nSPS) is 19.8. The van der Waals surface area contributed by atoms with E-state index in [0.29, 0.717) is 16.0 Å². The number of pyridine rings is 1. The molecule has 100 valence electrons. The third kappa shape index (κ3) is 3.28. The average Bonchev–Trinajstić information content (AvgIpc) is 2.77. The maximum atomic E-state index is 6.19. The van der Waals surface area contributed by atoms with Crippen LogP contribution < -0.4 is 4.90 Å². The fourth-order valence-electron chi connectivity index (χ4n) is 2.38. The largest absolute Gasteiger partial charge is 0.355 e. The van der Waals surface area contributed by atoms with Gasteiger partial charge in [0.1, 0.15) is 5.82 Å². The lowest BCUT2D eigenvalue weighted by molar-refractivity contribution is 0.300. The van der Waals surface area contributed by atoms with E-state index in [1.807, 2.05) is 0 Å². The Morgan fingerprint density at radius 1 is 1.50 bits per heavy atom. The van der Waals surface area contributed by atoms with Gasteiger partial charge in [0.05, 0.1) is 10.0 Å². The summed E-state index contributed by atoms with van der Waals surface area (Å²) in [5.41, 5.74) is 0. The Morgan fingerprint density at radius 3 is 2.94 bits per heavy atom. The minimum Gasteiger partial charge on any atom is -0.355 e. The van der Waals surface area contributed by atoms with E-state index in [2.05, 4.69) is 28.8 Å². The van der Waals surface area contributed by atoms with Crippen LogP contribution in [-0.2, 0) is 0 Å². The summed E-state index contributed by atoms with van der Waals surface area (Å²) in [6.07, 6.45) is 2.86. The summed E-state index contributed by atoms with van der Waals surface area (Å²) in [6, 6.07) is 1.76. The van der Waals surface area contributed by atoms with E-state index in [-0.39, 0.29) is 0 Å². The van der Waals surface area contributed by atoms with Crippen molar-refractivity contribution in [3.63, 3.8) is 0 Å². The molecule has 0 bridgehead atoms. The molecule has 1 fully saturated rings. The molecule has 2 rings (SSSR count). The molecule has 0 aliphatic carbocycles. The van der Waals surface area contributed by atoms with Crippen molar-refractivity contribution in [3.05, 3.63) is 22.3 Å². The van der Waals surface area contributed by atoms with Crippen molar-refractivity contribution in [2.45, 2.75) is 13.3 Å². The minimum absolute atomic E-state index is 0.588.